The summed E-state index contributed by atoms with van der Waals surface area (Å²) in [4.78, 5) is 11.7. The van der Waals surface area contributed by atoms with E-state index in [2.05, 4.69) is 5.32 Å². The van der Waals surface area contributed by atoms with Gasteiger partial charge in [-0.25, -0.2) is 4.79 Å². The molecule has 2 atom stereocenters. The first-order valence-corrected chi connectivity index (χ1v) is 8.13. The second kappa shape index (κ2) is 9.66. The minimum Gasteiger partial charge on any atom is -0.494 e. The first-order chi connectivity index (χ1) is 12.1. The third kappa shape index (κ3) is 6.10. The third-order valence-electron chi connectivity index (χ3n) is 3.54. The van der Waals surface area contributed by atoms with Gasteiger partial charge in [0.25, 0.3) is 0 Å². The van der Waals surface area contributed by atoms with Crippen LogP contribution in [0.1, 0.15) is 24.2 Å². The van der Waals surface area contributed by atoms with Gasteiger partial charge in [-0.15, -0.1) is 0 Å². The summed E-state index contributed by atoms with van der Waals surface area (Å²) >= 11 is 0. The highest BCUT2D eigenvalue weighted by atomic mass is 16.5. The van der Waals surface area contributed by atoms with E-state index in [-0.39, 0.29) is 13.2 Å². The second-order valence-corrected chi connectivity index (χ2v) is 5.46. The number of alkyl carbamates (subject to hydrolysis) is 1. The van der Waals surface area contributed by atoms with Crippen molar-refractivity contribution in [2.24, 2.45) is 0 Å². The fourth-order valence-corrected chi connectivity index (χ4v) is 2.25. The monoisotopic (exact) mass is 345 g/mol. The predicted octanol–water partition coefficient (Wildman–Crippen LogP) is 2.41. The third-order valence-corrected chi connectivity index (χ3v) is 3.54. The summed E-state index contributed by atoms with van der Waals surface area (Å²) < 4.78 is 10.4. The molecule has 0 aromatic heterocycles. The van der Waals surface area contributed by atoms with Crippen LogP contribution in [0.3, 0.4) is 0 Å². The molecule has 2 aromatic rings. The van der Waals surface area contributed by atoms with Crippen LogP contribution in [0.2, 0.25) is 0 Å². The van der Waals surface area contributed by atoms with Gasteiger partial charge >= 0.3 is 6.09 Å². The molecule has 0 aliphatic heterocycles. The summed E-state index contributed by atoms with van der Waals surface area (Å²) in [6.45, 7) is 2.38. The minimum atomic E-state index is -1.17. The van der Waals surface area contributed by atoms with Crippen molar-refractivity contribution in [3.63, 3.8) is 0 Å². The lowest BCUT2D eigenvalue weighted by molar-refractivity contribution is 0.0183. The van der Waals surface area contributed by atoms with E-state index in [9.17, 15) is 15.0 Å². The maximum Gasteiger partial charge on any atom is 0.407 e. The van der Waals surface area contributed by atoms with Crippen LogP contribution >= 0.6 is 0 Å². The van der Waals surface area contributed by atoms with E-state index in [0.29, 0.717) is 17.9 Å². The van der Waals surface area contributed by atoms with E-state index in [4.69, 9.17) is 9.47 Å². The van der Waals surface area contributed by atoms with Crippen molar-refractivity contribution in [3.05, 3.63) is 65.7 Å². The van der Waals surface area contributed by atoms with Crippen molar-refractivity contribution < 1.29 is 24.5 Å². The molecule has 0 aliphatic rings. The summed E-state index contributed by atoms with van der Waals surface area (Å²) in [5, 5.41) is 22.7. The van der Waals surface area contributed by atoms with Gasteiger partial charge in [-0.3, -0.25) is 0 Å². The molecule has 25 heavy (non-hydrogen) atoms. The van der Waals surface area contributed by atoms with Crippen LogP contribution in [0.25, 0.3) is 0 Å². The molecule has 1 amide bonds. The van der Waals surface area contributed by atoms with Crippen LogP contribution in [0, 0.1) is 0 Å². The van der Waals surface area contributed by atoms with E-state index in [0.717, 1.165) is 5.56 Å². The number of amides is 1. The Bertz CT molecular complexity index is 662. The molecule has 0 bridgehead atoms. The highest BCUT2D eigenvalue weighted by molar-refractivity contribution is 5.67. The fourth-order valence-electron chi connectivity index (χ4n) is 2.25. The van der Waals surface area contributed by atoms with E-state index < -0.39 is 18.3 Å². The lowest BCUT2D eigenvalue weighted by Gasteiger charge is -2.19. The smallest absolute Gasteiger partial charge is 0.407 e. The Kier molecular flexibility index (Phi) is 7.25. The topological polar surface area (TPSA) is 88.0 Å². The Morgan fingerprint density at radius 2 is 1.88 bits per heavy atom. The molecule has 6 nitrogen and oxygen atoms in total. The highest BCUT2D eigenvalue weighted by Gasteiger charge is 2.20. The summed E-state index contributed by atoms with van der Waals surface area (Å²) in [6, 6.07) is 16.1. The largest absolute Gasteiger partial charge is 0.494 e. The first-order valence-electron chi connectivity index (χ1n) is 8.13. The van der Waals surface area contributed by atoms with Crippen molar-refractivity contribution in [2.75, 3.05) is 13.2 Å². The second-order valence-electron chi connectivity index (χ2n) is 5.46. The van der Waals surface area contributed by atoms with Crippen LogP contribution in [-0.4, -0.2) is 35.6 Å². The standard InChI is InChI=1S/C19H23NO5/c1-2-24-16-10-6-9-15(11-16)18(22)17(21)12-20-19(23)25-13-14-7-4-3-5-8-14/h3-11,17-18,21-22H,2,12-13H2,1H3,(H,20,23). The lowest BCUT2D eigenvalue weighted by Crippen LogP contribution is -2.35. The molecule has 2 unspecified atom stereocenters. The summed E-state index contributed by atoms with van der Waals surface area (Å²) in [7, 11) is 0. The Hall–Kier alpha value is -2.57. The van der Waals surface area contributed by atoms with E-state index >= 15 is 0 Å². The number of carbonyl (C=O) groups is 1. The molecular weight excluding hydrogens is 322 g/mol. The van der Waals surface area contributed by atoms with Crippen LogP contribution in [0.5, 0.6) is 5.75 Å². The minimum absolute atomic E-state index is 0.131. The zero-order valence-electron chi connectivity index (χ0n) is 14.1. The number of hydrogen-bond donors (Lipinski definition) is 3. The zero-order valence-corrected chi connectivity index (χ0v) is 14.1. The van der Waals surface area contributed by atoms with E-state index in [1.165, 1.54) is 0 Å². The molecule has 0 spiro atoms. The molecular formula is C19H23NO5. The summed E-state index contributed by atoms with van der Waals surface area (Å²) in [6.07, 6.45) is -2.96. The number of aliphatic hydroxyl groups is 2. The number of hydrogen-bond acceptors (Lipinski definition) is 5. The Labute approximate surface area is 147 Å². The molecule has 6 heteroatoms. The summed E-state index contributed by atoms with van der Waals surface area (Å²) in [5.41, 5.74) is 1.38. The number of nitrogens with one attached hydrogen (secondary N) is 1. The molecule has 2 aromatic carbocycles. The Morgan fingerprint density at radius 3 is 2.60 bits per heavy atom. The van der Waals surface area contributed by atoms with Crippen molar-refractivity contribution in [2.45, 2.75) is 25.7 Å². The summed E-state index contributed by atoms with van der Waals surface area (Å²) in [5.74, 6) is 0.612. The Balaban J connectivity index is 1.79. The lowest BCUT2D eigenvalue weighted by atomic mass is 10.0. The maximum absolute atomic E-state index is 11.7. The van der Waals surface area contributed by atoms with Crippen molar-refractivity contribution in [1.82, 2.24) is 5.32 Å². The molecule has 0 fully saturated rings. The molecule has 0 radical (unpaired) electrons. The molecule has 134 valence electrons. The van der Waals surface area contributed by atoms with E-state index in [1.54, 1.807) is 24.3 Å². The van der Waals surface area contributed by atoms with E-state index in [1.807, 2.05) is 37.3 Å². The Morgan fingerprint density at radius 1 is 1.12 bits per heavy atom. The van der Waals surface area contributed by atoms with Crippen molar-refractivity contribution >= 4 is 6.09 Å². The number of carbonyl (C=O) groups excluding carboxylic acids is 1. The number of benzene rings is 2. The average Bonchev–Trinajstić information content (AvgIpc) is 2.65. The van der Waals surface area contributed by atoms with Crippen LogP contribution in [0.4, 0.5) is 4.79 Å². The molecule has 3 N–H and O–H groups in total. The maximum atomic E-state index is 11.7. The van der Waals surface area contributed by atoms with Crippen molar-refractivity contribution in [3.8, 4) is 5.75 Å². The normalized spacial score (nSPS) is 12.9. The molecule has 2 rings (SSSR count). The van der Waals surface area contributed by atoms with Gasteiger partial charge in [0.15, 0.2) is 0 Å². The van der Waals surface area contributed by atoms with Crippen molar-refractivity contribution in [1.29, 1.82) is 0 Å². The van der Waals surface area contributed by atoms with Gasteiger partial charge in [0.05, 0.1) is 6.61 Å². The molecule has 0 aliphatic carbocycles. The van der Waals surface area contributed by atoms with Gasteiger partial charge in [-0.05, 0) is 30.2 Å². The highest BCUT2D eigenvalue weighted by Crippen LogP contribution is 2.21. The van der Waals surface area contributed by atoms with Gasteiger partial charge in [0.1, 0.15) is 24.6 Å². The van der Waals surface area contributed by atoms with Gasteiger partial charge < -0.3 is 25.0 Å². The van der Waals surface area contributed by atoms with Crippen LogP contribution in [0.15, 0.2) is 54.6 Å². The van der Waals surface area contributed by atoms with Crippen LogP contribution < -0.4 is 10.1 Å². The van der Waals surface area contributed by atoms with Gasteiger partial charge in [0, 0.05) is 6.54 Å². The van der Waals surface area contributed by atoms with Gasteiger partial charge in [-0.1, -0.05) is 42.5 Å². The predicted molar refractivity (Wildman–Crippen MR) is 93.2 cm³/mol. The average molecular weight is 345 g/mol. The first kappa shape index (κ1) is 18.8. The molecule has 0 saturated carbocycles. The SMILES string of the molecule is CCOc1cccc(C(O)C(O)CNC(=O)OCc2ccccc2)c1. The number of rotatable bonds is 8. The number of ether oxygens (including phenoxy) is 2. The molecule has 0 heterocycles. The number of aliphatic hydroxyl groups excluding tert-OH is 2. The quantitative estimate of drug-likeness (QED) is 0.684. The molecule has 0 saturated heterocycles. The zero-order chi connectivity index (χ0) is 18.1. The fraction of sp³-hybridized carbons (Fsp3) is 0.316. The van der Waals surface area contributed by atoms with Gasteiger partial charge in [0.2, 0.25) is 0 Å². The van der Waals surface area contributed by atoms with Gasteiger partial charge in [-0.2, -0.15) is 0 Å². The van der Waals surface area contributed by atoms with Crippen LogP contribution in [-0.2, 0) is 11.3 Å².